The lowest BCUT2D eigenvalue weighted by molar-refractivity contribution is -0.121. The standard InChI is InChI=1S/C20H21FN4O3/c1-2-19(26)23-9-15-11-25(20(27)28-15)14-5-6-18(16(21)8-14)24-10-13-4-3-7-22-17(13)12-24/h3-8,15H,2,9-12H2,1H3,(H,23,26)/t15-/m0/s1. The second kappa shape index (κ2) is 7.46. The molecule has 2 aliphatic rings. The summed E-state index contributed by atoms with van der Waals surface area (Å²) in [5.41, 5.74) is 2.95. The highest BCUT2D eigenvalue weighted by Gasteiger charge is 2.33. The van der Waals surface area contributed by atoms with Crippen molar-refractivity contribution in [2.45, 2.75) is 32.5 Å². The number of fused-ring (bicyclic) bond motifs is 1. The predicted molar refractivity (Wildman–Crippen MR) is 101 cm³/mol. The Morgan fingerprint density at radius 2 is 2.21 bits per heavy atom. The van der Waals surface area contributed by atoms with Crippen LogP contribution in [-0.4, -0.2) is 36.2 Å². The lowest BCUT2D eigenvalue weighted by Gasteiger charge is -2.20. The zero-order chi connectivity index (χ0) is 19.7. The largest absolute Gasteiger partial charge is 0.442 e. The van der Waals surface area contributed by atoms with Crippen LogP contribution in [-0.2, 0) is 22.6 Å². The van der Waals surface area contributed by atoms with Gasteiger partial charge in [-0.05, 0) is 29.8 Å². The number of carbonyl (C=O) groups is 2. The Morgan fingerprint density at radius 3 is 2.96 bits per heavy atom. The van der Waals surface area contributed by atoms with E-state index in [4.69, 9.17) is 4.74 Å². The molecule has 1 fully saturated rings. The molecular formula is C20H21FN4O3. The van der Waals surface area contributed by atoms with E-state index in [0.29, 0.717) is 30.9 Å². The number of rotatable bonds is 5. The molecular weight excluding hydrogens is 363 g/mol. The average molecular weight is 384 g/mol. The molecule has 1 atom stereocenters. The van der Waals surface area contributed by atoms with Crippen LogP contribution in [0.4, 0.5) is 20.6 Å². The minimum atomic E-state index is -0.541. The lowest BCUT2D eigenvalue weighted by Crippen LogP contribution is -2.34. The number of cyclic esters (lactones) is 1. The summed E-state index contributed by atoms with van der Waals surface area (Å²) in [6.45, 7) is 3.42. The van der Waals surface area contributed by atoms with Crippen molar-refractivity contribution >= 4 is 23.4 Å². The van der Waals surface area contributed by atoms with E-state index < -0.39 is 18.0 Å². The summed E-state index contributed by atoms with van der Waals surface area (Å²) in [4.78, 5) is 31.2. The smallest absolute Gasteiger partial charge is 0.414 e. The fourth-order valence-electron chi connectivity index (χ4n) is 3.48. The van der Waals surface area contributed by atoms with Crippen LogP contribution < -0.4 is 15.1 Å². The molecule has 1 N–H and O–H groups in total. The molecule has 1 saturated heterocycles. The second-order valence-corrected chi connectivity index (χ2v) is 6.87. The number of aromatic nitrogens is 1. The maximum atomic E-state index is 14.8. The van der Waals surface area contributed by atoms with Crippen LogP contribution in [0.1, 0.15) is 24.6 Å². The van der Waals surface area contributed by atoms with Crippen molar-refractivity contribution in [3.63, 3.8) is 0 Å². The fourth-order valence-corrected chi connectivity index (χ4v) is 3.48. The van der Waals surface area contributed by atoms with Crippen LogP contribution in [0.25, 0.3) is 0 Å². The van der Waals surface area contributed by atoms with Crippen LogP contribution in [0.15, 0.2) is 36.5 Å². The van der Waals surface area contributed by atoms with E-state index in [1.54, 1.807) is 25.3 Å². The first-order valence-corrected chi connectivity index (χ1v) is 9.27. The van der Waals surface area contributed by atoms with Gasteiger partial charge in [0.1, 0.15) is 11.9 Å². The van der Waals surface area contributed by atoms with Gasteiger partial charge in [-0.15, -0.1) is 0 Å². The highest BCUT2D eigenvalue weighted by Crippen LogP contribution is 2.32. The fraction of sp³-hybridized carbons (Fsp3) is 0.350. The molecule has 2 aliphatic heterocycles. The summed E-state index contributed by atoms with van der Waals surface area (Å²) in [5.74, 6) is -0.508. The van der Waals surface area contributed by atoms with Gasteiger partial charge in [0.05, 0.1) is 36.7 Å². The summed E-state index contributed by atoms with van der Waals surface area (Å²) in [7, 11) is 0. The van der Waals surface area contributed by atoms with Gasteiger partial charge in [0.2, 0.25) is 5.91 Å². The summed E-state index contributed by atoms with van der Waals surface area (Å²) >= 11 is 0. The Kier molecular flexibility index (Phi) is 4.85. The molecule has 0 radical (unpaired) electrons. The Labute approximate surface area is 162 Å². The quantitative estimate of drug-likeness (QED) is 0.858. The average Bonchev–Trinajstić information content (AvgIpc) is 3.29. The van der Waals surface area contributed by atoms with E-state index in [2.05, 4.69) is 10.3 Å². The van der Waals surface area contributed by atoms with E-state index in [9.17, 15) is 14.0 Å². The maximum Gasteiger partial charge on any atom is 0.414 e. The number of carbonyl (C=O) groups excluding carboxylic acids is 2. The molecule has 0 saturated carbocycles. The van der Waals surface area contributed by atoms with Crippen molar-refractivity contribution in [3.8, 4) is 0 Å². The molecule has 0 unspecified atom stereocenters. The van der Waals surface area contributed by atoms with Gasteiger partial charge >= 0.3 is 6.09 Å². The van der Waals surface area contributed by atoms with Crippen LogP contribution in [0.5, 0.6) is 0 Å². The molecule has 2 amide bonds. The summed E-state index contributed by atoms with van der Waals surface area (Å²) in [6.07, 6.45) is 1.11. The number of pyridine rings is 1. The molecule has 2 aromatic rings. The van der Waals surface area contributed by atoms with Gasteiger partial charge in [0.15, 0.2) is 0 Å². The van der Waals surface area contributed by atoms with Gasteiger partial charge in [-0.1, -0.05) is 13.0 Å². The third-order valence-corrected chi connectivity index (χ3v) is 4.99. The monoisotopic (exact) mass is 384 g/mol. The summed E-state index contributed by atoms with van der Waals surface area (Å²) in [5, 5.41) is 2.70. The molecule has 28 heavy (non-hydrogen) atoms. The van der Waals surface area contributed by atoms with Crippen molar-refractivity contribution in [2.75, 3.05) is 22.9 Å². The lowest BCUT2D eigenvalue weighted by atomic mass is 10.2. The first kappa shape index (κ1) is 18.2. The van der Waals surface area contributed by atoms with Gasteiger partial charge in [-0.3, -0.25) is 14.7 Å². The number of benzene rings is 1. The van der Waals surface area contributed by atoms with Crippen LogP contribution in [0.2, 0.25) is 0 Å². The third-order valence-electron chi connectivity index (χ3n) is 4.99. The molecule has 1 aromatic carbocycles. The van der Waals surface area contributed by atoms with Crippen molar-refractivity contribution in [2.24, 2.45) is 0 Å². The molecule has 7 nitrogen and oxygen atoms in total. The van der Waals surface area contributed by atoms with Crippen molar-refractivity contribution in [1.82, 2.24) is 10.3 Å². The van der Waals surface area contributed by atoms with Gasteiger partial charge in [0, 0.05) is 19.2 Å². The molecule has 0 spiro atoms. The number of nitrogens with zero attached hydrogens (tertiary/aromatic N) is 3. The first-order valence-electron chi connectivity index (χ1n) is 9.27. The molecule has 1 aromatic heterocycles. The highest BCUT2D eigenvalue weighted by atomic mass is 19.1. The Bertz CT molecular complexity index is 895. The van der Waals surface area contributed by atoms with Gasteiger partial charge < -0.3 is 15.0 Å². The van der Waals surface area contributed by atoms with E-state index in [-0.39, 0.29) is 19.0 Å². The summed E-state index contributed by atoms with van der Waals surface area (Å²) in [6, 6.07) is 8.60. The number of hydrogen-bond acceptors (Lipinski definition) is 5. The molecule has 3 heterocycles. The minimum Gasteiger partial charge on any atom is -0.442 e. The Hall–Kier alpha value is -3.16. The zero-order valence-electron chi connectivity index (χ0n) is 15.5. The Morgan fingerprint density at radius 1 is 1.36 bits per heavy atom. The van der Waals surface area contributed by atoms with Crippen molar-refractivity contribution in [1.29, 1.82) is 0 Å². The molecule has 146 valence electrons. The summed E-state index contributed by atoms with van der Waals surface area (Å²) < 4.78 is 20.1. The number of nitrogens with one attached hydrogen (secondary N) is 1. The van der Waals surface area contributed by atoms with Crippen LogP contribution in [0.3, 0.4) is 0 Å². The predicted octanol–water partition coefficient (Wildman–Crippen LogP) is 2.59. The van der Waals surface area contributed by atoms with E-state index in [1.165, 1.54) is 11.0 Å². The molecule has 0 aliphatic carbocycles. The Balaban J connectivity index is 1.45. The number of hydrogen-bond donors (Lipinski definition) is 1. The van der Waals surface area contributed by atoms with Gasteiger partial charge in [-0.25, -0.2) is 9.18 Å². The van der Waals surface area contributed by atoms with Crippen molar-refractivity contribution in [3.05, 3.63) is 53.6 Å². The normalized spacial score (nSPS) is 18.2. The van der Waals surface area contributed by atoms with E-state index in [0.717, 1.165) is 11.3 Å². The molecule has 4 rings (SSSR count). The highest BCUT2D eigenvalue weighted by molar-refractivity contribution is 5.90. The maximum absolute atomic E-state index is 14.8. The number of ether oxygens (including phenoxy) is 1. The zero-order valence-corrected chi connectivity index (χ0v) is 15.5. The van der Waals surface area contributed by atoms with Gasteiger partial charge in [0.25, 0.3) is 0 Å². The van der Waals surface area contributed by atoms with E-state index >= 15 is 0 Å². The molecule has 8 heteroatoms. The van der Waals surface area contributed by atoms with Crippen molar-refractivity contribution < 1.29 is 18.7 Å². The number of anilines is 2. The topological polar surface area (TPSA) is 74.8 Å². The van der Waals surface area contributed by atoms with Crippen LogP contribution >= 0.6 is 0 Å². The second-order valence-electron chi connectivity index (χ2n) is 6.87. The first-order chi connectivity index (χ1) is 13.5. The third kappa shape index (κ3) is 3.49. The minimum absolute atomic E-state index is 0.106. The number of amides is 2. The van der Waals surface area contributed by atoms with Gasteiger partial charge in [-0.2, -0.15) is 0 Å². The SMILES string of the molecule is CCC(=O)NC[C@H]1CN(c2ccc(N3Cc4cccnc4C3)c(F)c2)C(=O)O1. The molecule has 0 bridgehead atoms. The van der Waals surface area contributed by atoms with E-state index in [1.807, 2.05) is 17.0 Å². The van der Waals surface area contributed by atoms with Crippen LogP contribution in [0, 0.1) is 5.82 Å². The number of halogens is 1.